The Morgan fingerprint density at radius 1 is 1.06 bits per heavy atom. The van der Waals surface area contributed by atoms with Crippen LogP contribution in [-0.4, -0.2) is 52.2 Å². The number of hydrogen-bond acceptors (Lipinski definition) is 5. The normalized spacial score (nSPS) is 10.8. The van der Waals surface area contributed by atoms with Crippen LogP contribution in [0, 0.1) is 0 Å². The molecule has 0 spiro atoms. The Hall–Kier alpha value is -4.20. The number of pyridine rings is 1. The van der Waals surface area contributed by atoms with Gasteiger partial charge in [-0.3, -0.25) is 9.59 Å². The largest absolute Gasteiger partial charge is 0.484 e. The highest BCUT2D eigenvalue weighted by molar-refractivity contribution is 6.12. The summed E-state index contributed by atoms with van der Waals surface area (Å²) in [4.78, 5) is 31.1. The maximum atomic E-state index is 13.2. The highest BCUT2D eigenvalue weighted by Crippen LogP contribution is 2.26. The lowest BCUT2D eigenvalue weighted by Gasteiger charge is -2.12. The predicted octanol–water partition coefficient (Wildman–Crippen LogP) is 3.84. The number of nitrogens with zero attached hydrogens (tertiary/aromatic N) is 4. The van der Waals surface area contributed by atoms with Crippen LogP contribution in [0.2, 0.25) is 0 Å². The zero-order valence-corrected chi connectivity index (χ0v) is 18.8. The van der Waals surface area contributed by atoms with Gasteiger partial charge in [-0.15, -0.1) is 0 Å². The molecule has 0 unspecified atom stereocenters. The minimum Gasteiger partial charge on any atom is -0.484 e. The summed E-state index contributed by atoms with van der Waals surface area (Å²) in [6.07, 6.45) is 1.67. The molecular formula is C25H25N5O3. The third-order valence-corrected chi connectivity index (χ3v) is 5.20. The quantitative estimate of drug-likeness (QED) is 0.469. The molecule has 0 aliphatic carbocycles. The van der Waals surface area contributed by atoms with Gasteiger partial charge in [0.1, 0.15) is 5.75 Å². The van der Waals surface area contributed by atoms with Crippen LogP contribution < -0.4 is 10.1 Å². The summed E-state index contributed by atoms with van der Waals surface area (Å²) in [5.74, 6) is 0.160. The standard InChI is InChI=1S/C25H25N5O3/c1-4-30-24-21(15-26-30)20(14-22(28-24)17-8-6-5-7-9-17)25(32)27-18-10-12-19(13-11-18)33-16-23(31)29(2)3/h5-15H,4,16H2,1-3H3,(H,27,32). The summed E-state index contributed by atoms with van der Waals surface area (Å²) < 4.78 is 7.27. The lowest BCUT2D eigenvalue weighted by atomic mass is 10.1. The second-order valence-electron chi connectivity index (χ2n) is 7.67. The number of likely N-dealkylation sites (N-methyl/N-ethyl adjacent to an activating group) is 1. The number of ether oxygens (including phenoxy) is 1. The number of rotatable bonds is 7. The molecule has 2 amide bonds. The summed E-state index contributed by atoms with van der Waals surface area (Å²) >= 11 is 0. The van der Waals surface area contributed by atoms with E-state index in [1.54, 1.807) is 55.3 Å². The Kier molecular flexibility index (Phi) is 6.35. The van der Waals surface area contributed by atoms with Crippen LogP contribution in [0.15, 0.2) is 66.9 Å². The number of carbonyl (C=O) groups excluding carboxylic acids is 2. The first kappa shape index (κ1) is 22.0. The molecule has 0 radical (unpaired) electrons. The van der Waals surface area contributed by atoms with Gasteiger partial charge in [0.25, 0.3) is 11.8 Å². The topological polar surface area (TPSA) is 89.3 Å². The van der Waals surface area contributed by atoms with Crippen LogP contribution in [-0.2, 0) is 11.3 Å². The number of aromatic nitrogens is 3. The molecule has 4 rings (SSSR count). The average molecular weight is 444 g/mol. The summed E-state index contributed by atoms with van der Waals surface area (Å²) in [6.45, 7) is 2.59. The van der Waals surface area contributed by atoms with E-state index in [0.29, 0.717) is 40.3 Å². The SMILES string of the molecule is CCn1ncc2c(C(=O)Nc3ccc(OCC(=O)N(C)C)cc3)cc(-c3ccccc3)nc21. The molecule has 8 heteroatoms. The first-order valence-corrected chi connectivity index (χ1v) is 10.6. The number of fused-ring (bicyclic) bond motifs is 1. The molecule has 33 heavy (non-hydrogen) atoms. The Labute approximate surface area is 191 Å². The molecule has 0 fully saturated rings. The number of hydrogen-bond donors (Lipinski definition) is 1. The van der Waals surface area contributed by atoms with Crippen LogP contribution in [0.25, 0.3) is 22.3 Å². The average Bonchev–Trinajstić information content (AvgIpc) is 3.26. The maximum absolute atomic E-state index is 13.2. The maximum Gasteiger partial charge on any atom is 0.259 e. The molecule has 2 aromatic carbocycles. The fourth-order valence-corrected chi connectivity index (χ4v) is 3.33. The van der Waals surface area contributed by atoms with Crippen molar-refractivity contribution >= 4 is 28.5 Å². The third-order valence-electron chi connectivity index (χ3n) is 5.20. The van der Waals surface area contributed by atoms with Crippen molar-refractivity contribution in [1.82, 2.24) is 19.7 Å². The molecule has 0 aliphatic rings. The van der Waals surface area contributed by atoms with Crippen molar-refractivity contribution in [2.24, 2.45) is 0 Å². The van der Waals surface area contributed by atoms with Crippen molar-refractivity contribution in [2.45, 2.75) is 13.5 Å². The molecule has 4 aromatic rings. The van der Waals surface area contributed by atoms with E-state index in [1.165, 1.54) is 4.90 Å². The Morgan fingerprint density at radius 3 is 2.45 bits per heavy atom. The van der Waals surface area contributed by atoms with Crippen LogP contribution in [0.3, 0.4) is 0 Å². The van der Waals surface area contributed by atoms with E-state index in [1.807, 2.05) is 37.3 Å². The minimum atomic E-state index is -0.258. The van der Waals surface area contributed by atoms with Gasteiger partial charge < -0.3 is 15.0 Å². The lowest BCUT2D eigenvalue weighted by molar-refractivity contribution is -0.130. The van der Waals surface area contributed by atoms with Gasteiger partial charge in [-0.25, -0.2) is 9.67 Å². The Bertz CT molecular complexity index is 1280. The lowest BCUT2D eigenvalue weighted by Crippen LogP contribution is -2.27. The summed E-state index contributed by atoms with van der Waals surface area (Å²) in [5, 5.41) is 8.01. The molecule has 0 saturated carbocycles. The van der Waals surface area contributed by atoms with E-state index in [9.17, 15) is 9.59 Å². The van der Waals surface area contributed by atoms with Crippen molar-refractivity contribution in [3.63, 3.8) is 0 Å². The molecule has 0 aliphatic heterocycles. The molecule has 0 atom stereocenters. The number of aryl methyl sites for hydroxylation is 1. The highest BCUT2D eigenvalue weighted by atomic mass is 16.5. The summed E-state index contributed by atoms with van der Waals surface area (Å²) in [7, 11) is 3.35. The summed E-state index contributed by atoms with van der Waals surface area (Å²) in [6, 6.07) is 18.4. The van der Waals surface area contributed by atoms with E-state index in [-0.39, 0.29) is 18.4 Å². The first-order chi connectivity index (χ1) is 16.0. The monoisotopic (exact) mass is 443 g/mol. The molecule has 168 valence electrons. The van der Waals surface area contributed by atoms with E-state index in [4.69, 9.17) is 9.72 Å². The number of anilines is 1. The second kappa shape index (κ2) is 9.52. The smallest absolute Gasteiger partial charge is 0.259 e. The molecule has 8 nitrogen and oxygen atoms in total. The zero-order chi connectivity index (χ0) is 23.4. The molecule has 1 N–H and O–H groups in total. The van der Waals surface area contributed by atoms with Gasteiger partial charge in [-0.2, -0.15) is 5.10 Å². The summed E-state index contributed by atoms with van der Waals surface area (Å²) in [5.41, 5.74) is 3.40. The predicted molar refractivity (Wildman–Crippen MR) is 127 cm³/mol. The number of benzene rings is 2. The van der Waals surface area contributed by atoms with Gasteiger partial charge in [0.05, 0.1) is 22.8 Å². The molecule has 2 heterocycles. The zero-order valence-electron chi connectivity index (χ0n) is 18.8. The van der Waals surface area contributed by atoms with Crippen molar-refractivity contribution < 1.29 is 14.3 Å². The van der Waals surface area contributed by atoms with Crippen LogP contribution in [0.1, 0.15) is 17.3 Å². The van der Waals surface area contributed by atoms with Gasteiger partial charge in [-0.1, -0.05) is 30.3 Å². The van der Waals surface area contributed by atoms with Crippen molar-refractivity contribution in [1.29, 1.82) is 0 Å². The number of nitrogens with one attached hydrogen (secondary N) is 1. The molecular weight excluding hydrogens is 418 g/mol. The van der Waals surface area contributed by atoms with Crippen LogP contribution in [0.4, 0.5) is 5.69 Å². The van der Waals surface area contributed by atoms with Crippen molar-refractivity contribution in [3.05, 3.63) is 72.4 Å². The van der Waals surface area contributed by atoms with Gasteiger partial charge in [0, 0.05) is 31.9 Å². The minimum absolute atomic E-state index is 0.0443. The van der Waals surface area contributed by atoms with E-state index >= 15 is 0 Å². The number of carbonyl (C=O) groups is 2. The fraction of sp³-hybridized carbons (Fsp3) is 0.200. The highest BCUT2D eigenvalue weighted by Gasteiger charge is 2.17. The molecule has 0 saturated heterocycles. The van der Waals surface area contributed by atoms with Gasteiger partial charge >= 0.3 is 0 Å². The van der Waals surface area contributed by atoms with Crippen LogP contribution >= 0.6 is 0 Å². The van der Waals surface area contributed by atoms with E-state index in [2.05, 4.69) is 10.4 Å². The van der Waals surface area contributed by atoms with E-state index < -0.39 is 0 Å². The van der Waals surface area contributed by atoms with Crippen molar-refractivity contribution in [2.75, 3.05) is 26.0 Å². The Morgan fingerprint density at radius 2 is 1.79 bits per heavy atom. The third kappa shape index (κ3) is 4.85. The first-order valence-electron chi connectivity index (χ1n) is 10.6. The molecule has 2 aromatic heterocycles. The number of amides is 2. The van der Waals surface area contributed by atoms with Gasteiger partial charge in [0.15, 0.2) is 12.3 Å². The fourth-order valence-electron chi connectivity index (χ4n) is 3.33. The molecule has 0 bridgehead atoms. The Balaban J connectivity index is 1.59. The van der Waals surface area contributed by atoms with Crippen molar-refractivity contribution in [3.8, 4) is 17.0 Å². The van der Waals surface area contributed by atoms with Gasteiger partial charge in [-0.05, 0) is 37.3 Å². The second-order valence-corrected chi connectivity index (χ2v) is 7.67. The van der Waals surface area contributed by atoms with Gasteiger partial charge in [0.2, 0.25) is 0 Å². The van der Waals surface area contributed by atoms with Crippen LogP contribution in [0.5, 0.6) is 5.75 Å². The van der Waals surface area contributed by atoms with E-state index in [0.717, 1.165) is 5.56 Å².